The molecule has 0 saturated carbocycles. The van der Waals surface area contributed by atoms with Crippen LogP contribution in [0.4, 0.5) is 0 Å². The predicted octanol–water partition coefficient (Wildman–Crippen LogP) is -0.0518. The molecule has 39 heavy (non-hydrogen) atoms. The van der Waals surface area contributed by atoms with Gasteiger partial charge in [-0.2, -0.15) is 11.8 Å². The highest BCUT2D eigenvalue weighted by Crippen LogP contribution is 2.11. The molecule has 0 fully saturated rings. The number of guanidine groups is 1. The molecule has 0 bridgehead atoms. The van der Waals surface area contributed by atoms with Crippen molar-refractivity contribution in [2.24, 2.45) is 28.1 Å². The first kappa shape index (κ1) is 33.7. The predicted molar refractivity (Wildman–Crippen MR) is 154 cm³/mol. The van der Waals surface area contributed by atoms with Gasteiger partial charge in [-0.05, 0) is 42.8 Å². The van der Waals surface area contributed by atoms with E-state index in [0.29, 0.717) is 25.0 Å². The van der Waals surface area contributed by atoms with Crippen molar-refractivity contribution in [2.45, 2.75) is 70.1 Å². The number of thioether (sulfide) groups is 1. The summed E-state index contributed by atoms with van der Waals surface area (Å²) in [5, 5.41) is 17.7. The minimum atomic E-state index is -1.21. The van der Waals surface area contributed by atoms with E-state index in [9.17, 15) is 24.3 Å². The number of hydrogen-bond donors (Lipinski definition) is 7. The van der Waals surface area contributed by atoms with Gasteiger partial charge in [0.2, 0.25) is 17.7 Å². The molecule has 0 aromatic heterocycles. The van der Waals surface area contributed by atoms with Crippen molar-refractivity contribution >= 4 is 41.4 Å². The lowest BCUT2D eigenvalue weighted by Gasteiger charge is -2.28. The number of nitrogens with zero attached hydrogens (tertiary/aromatic N) is 1. The van der Waals surface area contributed by atoms with Gasteiger partial charge in [0.05, 0.1) is 6.04 Å². The van der Waals surface area contributed by atoms with Gasteiger partial charge in [0.15, 0.2) is 5.96 Å². The number of nitrogens with two attached hydrogens (primary N) is 3. The normalized spacial score (nSPS) is 14.7. The fourth-order valence-corrected chi connectivity index (χ4v) is 4.18. The second kappa shape index (κ2) is 18.1. The Kier molecular flexibility index (Phi) is 15.6. The summed E-state index contributed by atoms with van der Waals surface area (Å²) in [5.41, 5.74) is 17.5. The Morgan fingerprint density at radius 3 is 2.18 bits per heavy atom. The van der Waals surface area contributed by atoms with Gasteiger partial charge in [-0.15, -0.1) is 0 Å². The van der Waals surface area contributed by atoms with Crippen LogP contribution in [0.15, 0.2) is 35.3 Å². The van der Waals surface area contributed by atoms with Crippen LogP contribution in [-0.2, 0) is 25.6 Å². The molecule has 0 radical (unpaired) electrons. The fraction of sp³-hybridized carbons (Fsp3) is 0.577. The van der Waals surface area contributed by atoms with Crippen LogP contribution < -0.4 is 33.2 Å². The highest BCUT2D eigenvalue weighted by molar-refractivity contribution is 7.98. The molecule has 0 aliphatic rings. The van der Waals surface area contributed by atoms with Crippen LogP contribution in [0.3, 0.4) is 0 Å². The standard InChI is InChI=1S/C26H43N7O5S/c1-4-16(2)21(33-22(34)18(27)12-14-39-3)24(36)31-19(11-8-13-30-26(28)29)23(35)32-20(25(37)38)15-17-9-6-5-7-10-17/h5-7,9-10,16,18-21H,4,8,11-15,27H2,1-3H3,(H,31,36)(H,32,35)(H,33,34)(H,37,38)(H4,28,29,30). The maximum absolute atomic E-state index is 13.3. The monoisotopic (exact) mass is 565 g/mol. The zero-order valence-corrected chi connectivity index (χ0v) is 23.7. The number of hydrogen-bond acceptors (Lipinski definition) is 7. The van der Waals surface area contributed by atoms with Crippen molar-refractivity contribution in [1.29, 1.82) is 0 Å². The highest BCUT2D eigenvalue weighted by atomic mass is 32.2. The van der Waals surface area contributed by atoms with Crippen molar-refractivity contribution in [3.63, 3.8) is 0 Å². The third kappa shape index (κ3) is 12.9. The number of carboxylic acids is 1. The third-order valence-corrected chi connectivity index (χ3v) is 6.88. The second-order valence-corrected chi connectivity index (χ2v) is 10.3. The minimum Gasteiger partial charge on any atom is -0.480 e. The number of nitrogens with one attached hydrogen (secondary N) is 3. The minimum absolute atomic E-state index is 0.0655. The van der Waals surface area contributed by atoms with E-state index in [4.69, 9.17) is 17.2 Å². The van der Waals surface area contributed by atoms with Crippen molar-refractivity contribution < 1.29 is 24.3 Å². The SMILES string of the molecule is CCC(C)C(NC(=O)C(N)CCSC)C(=O)NC(CCCN=C(N)N)C(=O)NC(Cc1ccccc1)C(=O)O. The molecule has 0 spiro atoms. The van der Waals surface area contributed by atoms with Gasteiger partial charge in [0.25, 0.3) is 0 Å². The second-order valence-electron chi connectivity index (χ2n) is 9.36. The summed E-state index contributed by atoms with van der Waals surface area (Å²) >= 11 is 1.56. The summed E-state index contributed by atoms with van der Waals surface area (Å²) in [4.78, 5) is 55.1. The van der Waals surface area contributed by atoms with Crippen LogP contribution >= 0.6 is 11.8 Å². The Bertz CT molecular complexity index is 959. The number of carbonyl (C=O) groups is 4. The van der Waals surface area contributed by atoms with E-state index in [1.54, 1.807) is 36.0 Å². The summed E-state index contributed by atoms with van der Waals surface area (Å²) < 4.78 is 0. The number of carboxylic acid groups (broad SMARTS) is 1. The first-order valence-corrected chi connectivity index (χ1v) is 14.4. The Morgan fingerprint density at radius 2 is 1.62 bits per heavy atom. The van der Waals surface area contributed by atoms with Gasteiger partial charge in [0, 0.05) is 13.0 Å². The van der Waals surface area contributed by atoms with E-state index >= 15 is 0 Å². The Balaban J connectivity index is 3.07. The van der Waals surface area contributed by atoms with Crippen LogP contribution in [0.5, 0.6) is 0 Å². The number of aliphatic carboxylic acids is 1. The van der Waals surface area contributed by atoms with Crippen molar-refractivity contribution in [3.05, 3.63) is 35.9 Å². The van der Waals surface area contributed by atoms with Crippen LogP contribution in [-0.4, -0.2) is 77.5 Å². The third-order valence-electron chi connectivity index (χ3n) is 6.24. The number of carbonyl (C=O) groups excluding carboxylic acids is 3. The molecule has 3 amide bonds. The molecule has 10 N–H and O–H groups in total. The van der Waals surface area contributed by atoms with Gasteiger partial charge >= 0.3 is 5.97 Å². The maximum atomic E-state index is 13.3. The fourth-order valence-electron chi connectivity index (χ4n) is 3.69. The summed E-state index contributed by atoms with van der Waals surface area (Å²) in [6.07, 6.45) is 3.49. The lowest BCUT2D eigenvalue weighted by atomic mass is 9.97. The van der Waals surface area contributed by atoms with E-state index in [0.717, 1.165) is 5.56 Å². The van der Waals surface area contributed by atoms with Gasteiger partial charge in [-0.1, -0.05) is 50.6 Å². The molecule has 1 aromatic rings. The number of amides is 3. The lowest BCUT2D eigenvalue weighted by Crippen LogP contribution is -2.58. The molecular weight excluding hydrogens is 522 g/mol. The molecule has 5 atom stereocenters. The molecule has 13 heteroatoms. The topological polar surface area (TPSA) is 215 Å². The molecule has 0 heterocycles. The smallest absolute Gasteiger partial charge is 0.326 e. The number of aliphatic imine (C=N–C) groups is 1. The van der Waals surface area contributed by atoms with Crippen molar-refractivity contribution in [3.8, 4) is 0 Å². The van der Waals surface area contributed by atoms with Crippen LogP contribution in [0, 0.1) is 5.92 Å². The summed E-state index contributed by atoms with van der Waals surface area (Å²) in [6.45, 7) is 3.90. The van der Waals surface area contributed by atoms with E-state index < -0.39 is 47.9 Å². The number of rotatable bonds is 18. The maximum Gasteiger partial charge on any atom is 0.326 e. The van der Waals surface area contributed by atoms with Crippen molar-refractivity contribution in [2.75, 3.05) is 18.6 Å². The molecule has 0 aliphatic carbocycles. The average molecular weight is 566 g/mol. The Morgan fingerprint density at radius 1 is 0.974 bits per heavy atom. The summed E-state index contributed by atoms with van der Waals surface area (Å²) in [6, 6.07) is 4.88. The molecular formula is C26H43N7O5S. The van der Waals surface area contributed by atoms with Gasteiger partial charge in [-0.3, -0.25) is 19.4 Å². The summed E-state index contributed by atoms with van der Waals surface area (Å²) in [5.74, 6) is -2.55. The molecule has 1 aromatic carbocycles. The zero-order valence-electron chi connectivity index (χ0n) is 22.9. The summed E-state index contributed by atoms with van der Waals surface area (Å²) in [7, 11) is 0. The molecule has 0 saturated heterocycles. The van der Waals surface area contributed by atoms with E-state index in [1.807, 2.05) is 26.2 Å². The first-order chi connectivity index (χ1) is 18.5. The lowest BCUT2D eigenvalue weighted by molar-refractivity contribution is -0.142. The first-order valence-electron chi connectivity index (χ1n) is 13.0. The van der Waals surface area contributed by atoms with Gasteiger partial charge in [-0.25, -0.2) is 4.79 Å². The molecule has 0 aliphatic heterocycles. The van der Waals surface area contributed by atoms with Crippen LogP contribution in [0.25, 0.3) is 0 Å². The molecule has 12 nitrogen and oxygen atoms in total. The van der Waals surface area contributed by atoms with E-state index in [2.05, 4.69) is 20.9 Å². The average Bonchev–Trinajstić information content (AvgIpc) is 2.91. The van der Waals surface area contributed by atoms with Gasteiger partial charge in [0.1, 0.15) is 18.1 Å². The Labute approximate surface area is 234 Å². The number of benzene rings is 1. The molecule has 1 rings (SSSR count). The Hall–Kier alpha value is -3.32. The van der Waals surface area contributed by atoms with Crippen LogP contribution in [0.2, 0.25) is 0 Å². The highest BCUT2D eigenvalue weighted by Gasteiger charge is 2.32. The van der Waals surface area contributed by atoms with Crippen LogP contribution in [0.1, 0.15) is 45.1 Å². The van der Waals surface area contributed by atoms with Crippen molar-refractivity contribution in [1.82, 2.24) is 16.0 Å². The largest absolute Gasteiger partial charge is 0.480 e. The van der Waals surface area contributed by atoms with E-state index in [1.165, 1.54) is 0 Å². The molecule has 218 valence electrons. The van der Waals surface area contributed by atoms with E-state index in [-0.39, 0.29) is 31.3 Å². The zero-order chi connectivity index (χ0) is 29.4. The van der Waals surface area contributed by atoms with Gasteiger partial charge < -0.3 is 38.3 Å². The quantitative estimate of drug-likeness (QED) is 0.0720. The molecule has 5 unspecified atom stereocenters.